The van der Waals surface area contributed by atoms with Crippen molar-refractivity contribution in [2.24, 2.45) is 0 Å². The van der Waals surface area contributed by atoms with Crippen LogP contribution in [0.4, 0.5) is 5.95 Å². The minimum Gasteiger partial charge on any atom is -0.464 e. The molecule has 0 radical (unpaired) electrons. The van der Waals surface area contributed by atoms with Crippen LogP contribution in [0.25, 0.3) is 0 Å². The maximum absolute atomic E-state index is 12.4. The molecule has 0 saturated heterocycles. The van der Waals surface area contributed by atoms with Gasteiger partial charge in [0, 0.05) is 30.5 Å². The molecule has 0 saturated carbocycles. The van der Waals surface area contributed by atoms with E-state index in [-0.39, 0.29) is 5.56 Å². The number of aromatic amines is 1. The molecule has 3 aromatic heterocycles. The predicted molar refractivity (Wildman–Crippen MR) is 125 cm³/mol. The van der Waals surface area contributed by atoms with Crippen molar-refractivity contribution in [1.82, 2.24) is 19.8 Å². The van der Waals surface area contributed by atoms with Crippen LogP contribution in [0, 0.1) is 0 Å². The van der Waals surface area contributed by atoms with Gasteiger partial charge in [0.2, 0.25) is 5.95 Å². The average Bonchev–Trinajstić information content (AvgIpc) is 3.32. The lowest BCUT2D eigenvalue weighted by Gasteiger charge is -2.07. The quantitative estimate of drug-likeness (QED) is 0.411. The van der Waals surface area contributed by atoms with Crippen LogP contribution in [0.3, 0.4) is 0 Å². The second kappa shape index (κ2) is 11.2. The molecule has 3 heterocycles. The van der Waals surface area contributed by atoms with Crippen LogP contribution in [-0.4, -0.2) is 60.3 Å². The Balaban J connectivity index is 1.41. The van der Waals surface area contributed by atoms with Gasteiger partial charge in [0.25, 0.3) is 5.56 Å². The summed E-state index contributed by atoms with van der Waals surface area (Å²) >= 11 is 1.77. The molecule has 0 bridgehead atoms. The monoisotopic (exact) mass is 445 g/mol. The van der Waals surface area contributed by atoms with Crippen molar-refractivity contribution in [1.29, 1.82) is 0 Å². The lowest BCUT2D eigenvalue weighted by molar-refractivity contribution is 0.343. The third kappa shape index (κ3) is 7.61. The molecule has 3 rings (SSSR count). The fraction of sp³-hybridized carbons (Fsp3) is 0.455. The van der Waals surface area contributed by atoms with Crippen LogP contribution in [-0.2, 0) is 25.3 Å². The second-order valence-electron chi connectivity index (χ2n) is 7.95. The van der Waals surface area contributed by atoms with Crippen molar-refractivity contribution in [2.75, 3.05) is 45.8 Å². The van der Waals surface area contributed by atoms with Crippen molar-refractivity contribution in [3.8, 4) is 0 Å². The van der Waals surface area contributed by atoms with E-state index >= 15 is 0 Å². The zero-order valence-corrected chi connectivity index (χ0v) is 19.4. The van der Waals surface area contributed by atoms with Crippen molar-refractivity contribution < 1.29 is 8.83 Å². The molecule has 2 N–H and O–H groups in total. The van der Waals surface area contributed by atoms with Gasteiger partial charge in [-0.1, -0.05) is 0 Å². The van der Waals surface area contributed by atoms with E-state index < -0.39 is 0 Å². The fourth-order valence-corrected chi connectivity index (χ4v) is 3.80. The van der Waals surface area contributed by atoms with E-state index in [1.807, 2.05) is 57.4 Å². The molecule has 31 heavy (non-hydrogen) atoms. The van der Waals surface area contributed by atoms with E-state index in [2.05, 4.69) is 20.2 Å². The first-order valence-electron chi connectivity index (χ1n) is 10.2. The van der Waals surface area contributed by atoms with Crippen LogP contribution in [0.15, 0.2) is 44.1 Å². The number of aromatic nitrogens is 2. The molecule has 0 unspecified atom stereocenters. The van der Waals surface area contributed by atoms with E-state index in [4.69, 9.17) is 8.83 Å². The number of rotatable bonds is 12. The Morgan fingerprint density at radius 2 is 1.58 bits per heavy atom. The highest BCUT2D eigenvalue weighted by atomic mass is 32.2. The van der Waals surface area contributed by atoms with Gasteiger partial charge in [-0.15, -0.1) is 0 Å². The first kappa shape index (κ1) is 23.2. The van der Waals surface area contributed by atoms with Gasteiger partial charge in [0.05, 0.1) is 18.8 Å². The fourth-order valence-electron chi connectivity index (χ4n) is 3.05. The first-order valence-corrected chi connectivity index (χ1v) is 11.4. The van der Waals surface area contributed by atoms with Crippen LogP contribution in [0.2, 0.25) is 0 Å². The standard InChI is InChI=1S/C22H31N5O3S/c1-26(2)13-18-6-5-17(29-18)11-16-12-24-22(25-21(16)28)23-9-10-31-15-20-8-7-19(30-20)14-27(3)4/h5-8,12H,9-11,13-15H2,1-4H3,(H2,23,24,25,28). The third-order valence-corrected chi connectivity index (χ3v) is 5.38. The SMILES string of the molecule is CN(C)Cc1ccc(CSCCNc2ncc(Cc3ccc(CN(C)C)o3)c(=O)[nH]2)o1. The third-order valence-electron chi connectivity index (χ3n) is 4.40. The van der Waals surface area contributed by atoms with Gasteiger partial charge in [-0.3, -0.25) is 9.78 Å². The maximum atomic E-state index is 12.4. The van der Waals surface area contributed by atoms with Crippen molar-refractivity contribution >= 4 is 17.7 Å². The largest absolute Gasteiger partial charge is 0.464 e. The maximum Gasteiger partial charge on any atom is 0.255 e. The molecule has 0 aliphatic carbocycles. The number of anilines is 1. The summed E-state index contributed by atoms with van der Waals surface area (Å²) in [5.41, 5.74) is 0.428. The van der Waals surface area contributed by atoms with Crippen molar-refractivity contribution in [2.45, 2.75) is 25.3 Å². The van der Waals surface area contributed by atoms with Crippen LogP contribution in [0.1, 0.15) is 28.6 Å². The van der Waals surface area contributed by atoms with Gasteiger partial charge in [0.1, 0.15) is 23.0 Å². The first-order chi connectivity index (χ1) is 14.9. The lowest BCUT2D eigenvalue weighted by Crippen LogP contribution is -2.18. The van der Waals surface area contributed by atoms with Gasteiger partial charge >= 0.3 is 0 Å². The predicted octanol–water partition coefficient (Wildman–Crippen LogP) is 3.02. The summed E-state index contributed by atoms with van der Waals surface area (Å²) in [6, 6.07) is 7.90. The summed E-state index contributed by atoms with van der Waals surface area (Å²) in [5.74, 6) is 5.76. The Kier molecular flexibility index (Phi) is 8.39. The van der Waals surface area contributed by atoms with E-state index in [0.29, 0.717) is 24.5 Å². The molecule has 0 spiro atoms. The average molecular weight is 446 g/mol. The van der Waals surface area contributed by atoms with Crippen molar-refractivity contribution in [3.63, 3.8) is 0 Å². The molecule has 0 aromatic carbocycles. The van der Waals surface area contributed by atoms with Gasteiger partial charge in [-0.25, -0.2) is 4.98 Å². The molecular formula is C22H31N5O3S. The molecule has 0 atom stereocenters. The van der Waals surface area contributed by atoms with Gasteiger partial charge < -0.3 is 24.0 Å². The summed E-state index contributed by atoms with van der Waals surface area (Å²) < 4.78 is 11.6. The topological polar surface area (TPSA) is 90.5 Å². The summed E-state index contributed by atoms with van der Waals surface area (Å²) in [5, 5.41) is 3.17. The van der Waals surface area contributed by atoms with E-state index in [1.165, 1.54) is 0 Å². The molecule has 168 valence electrons. The molecule has 3 aromatic rings. The molecular weight excluding hydrogens is 414 g/mol. The van der Waals surface area contributed by atoms with Crippen LogP contribution in [0.5, 0.6) is 0 Å². The van der Waals surface area contributed by atoms with Gasteiger partial charge in [0.15, 0.2) is 0 Å². The number of nitrogens with one attached hydrogen (secondary N) is 2. The highest BCUT2D eigenvalue weighted by Gasteiger charge is 2.09. The van der Waals surface area contributed by atoms with Crippen LogP contribution >= 0.6 is 11.8 Å². The van der Waals surface area contributed by atoms with Crippen molar-refractivity contribution in [3.05, 3.63) is 69.4 Å². The zero-order valence-electron chi connectivity index (χ0n) is 18.6. The minimum atomic E-state index is -0.153. The summed E-state index contributed by atoms with van der Waals surface area (Å²) in [6.45, 7) is 2.23. The second-order valence-corrected chi connectivity index (χ2v) is 9.06. The molecule has 8 nitrogen and oxygen atoms in total. The number of hydrogen-bond donors (Lipinski definition) is 2. The number of nitrogens with zero attached hydrogens (tertiary/aromatic N) is 3. The number of H-pyrrole nitrogens is 1. The zero-order chi connectivity index (χ0) is 22.2. The molecule has 0 amide bonds. The molecule has 9 heteroatoms. The Bertz CT molecular complexity index is 1010. The smallest absolute Gasteiger partial charge is 0.255 e. The van der Waals surface area contributed by atoms with E-state index in [0.717, 1.165) is 47.6 Å². The lowest BCUT2D eigenvalue weighted by atomic mass is 10.2. The molecule has 0 fully saturated rings. The Labute approximate surface area is 187 Å². The Hall–Kier alpha value is -2.49. The highest BCUT2D eigenvalue weighted by Crippen LogP contribution is 2.16. The van der Waals surface area contributed by atoms with E-state index in [9.17, 15) is 4.79 Å². The van der Waals surface area contributed by atoms with Gasteiger partial charge in [-0.05, 0) is 52.5 Å². The number of thioether (sulfide) groups is 1. The van der Waals surface area contributed by atoms with Gasteiger partial charge in [-0.2, -0.15) is 11.8 Å². The summed E-state index contributed by atoms with van der Waals surface area (Å²) in [7, 11) is 8.01. The van der Waals surface area contributed by atoms with Crippen LogP contribution < -0.4 is 10.9 Å². The normalized spacial score (nSPS) is 11.5. The summed E-state index contributed by atoms with van der Waals surface area (Å²) in [4.78, 5) is 23.6. The van der Waals surface area contributed by atoms with E-state index in [1.54, 1.807) is 18.0 Å². The number of furan rings is 2. The summed E-state index contributed by atoms with van der Waals surface area (Å²) in [6.07, 6.45) is 2.03. The Morgan fingerprint density at radius 3 is 2.23 bits per heavy atom. The number of hydrogen-bond acceptors (Lipinski definition) is 8. The highest BCUT2D eigenvalue weighted by molar-refractivity contribution is 7.98. The minimum absolute atomic E-state index is 0.153. The molecule has 0 aliphatic rings. The molecule has 0 aliphatic heterocycles. The Morgan fingerprint density at radius 1 is 0.968 bits per heavy atom.